The Morgan fingerprint density at radius 2 is 1.76 bits per heavy atom. The van der Waals surface area contributed by atoms with Gasteiger partial charge in [0.05, 0.1) is 16.2 Å². The summed E-state index contributed by atoms with van der Waals surface area (Å²) >= 11 is 12.6. The maximum atomic E-state index is 13.0. The maximum absolute atomic E-state index is 13.0. The fourth-order valence-corrected chi connectivity index (χ4v) is 3.75. The second-order valence-electron chi connectivity index (χ2n) is 7.62. The summed E-state index contributed by atoms with van der Waals surface area (Å²) in [5, 5.41) is 3.83. The van der Waals surface area contributed by atoms with Crippen molar-refractivity contribution < 1.29 is 4.74 Å². The zero-order valence-electron chi connectivity index (χ0n) is 18.3. The summed E-state index contributed by atoms with van der Waals surface area (Å²) in [6, 6.07) is 12.5. The lowest BCUT2D eigenvalue weighted by Crippen LogP contribution is -2.22. The zero-order valence-corrected chi connectivity index (χ0v) is 19.9. The molecule has 2 heterocycles. The number of halogens is 2. The van der Waals surface area contributed by atoms with Crippen LogP contribution in [-0.4, -0.2) is 51.7 Å². The number of aromatic nitrogens is 4. The molecule has 0 radical (unpaired) electrons. The molecule has 0 unspecified atom stereocenters. The Hall–Kier alpha value is -3.20. The van der Waals surface area contributed by atoms with Crippen LogP contribution in [0.4, 0.5) is 11.6 Å². The number of nitrogens with one attached hydrogen (secondary N) is 1. The van der Waals surface area contributed by atoms with Crippen LogP contribution in [-0.2, 0) is 7.05 Å². The predicted octanol–water partition coefficient (Wildman–Crippen LogP) is 4.38. The molecule has 33 heavy (non-hydrogen) atoms. The SMILES string of the molecule is CN(C)CCOc1ccc(Nc2ncc3nc(-c4c(Cl)cccc4Cl)c(=O)n(C)c3n2)cc1. The molecule has 2 aromatic carbocycles. The van der Waals surface area contributed by atoms with Crippen molar-refractivity contribution in [2.24, 2.45) is 7.05 Å². The first-order valence-electron chi connectivity index (χ1n) is 10.2. The monoisotopic (exact) mass is 484 g/mol. The second kappa shape index (κ2) is 9.74. The number of anilines is 2. The molecule has 10 heteroatoms. The molecule has 0 fully saturated rings. The van der Waals surface area contributed by atoms with E-state index in [1.165, 1.54) is 4.57 Å². The van der Waals surface area contributed by atoms with Crippen molar-refractivity contribution in [1.29, 1.82) is 0 Å². The van der Waals surface area contributed by atoms with Gasteiger partial charge < -0.3 is 15.0 Å². The Morgan fingerprint density at radius 3 is 2.42 bits per heavy atom. The van der Waals surface area contributed by atoms with E-state index in [0.717, 1.165) is 18.0 Å². The van der Waals surface area contributed by atoms with Crippen LogP contribution in [0.1, 0.15) is 0 Å². The Balaban J connectivity index is 1.60. The molecule has 8 nitrogen and oxygen atoms in total. The van der Waals surface area contributed by atoms with E-state index >= 15 is 0 Å². The average molecular weight is 485 g/mol. The van der Waals surface area contributed by atoms with E-state index in [0.29, 0.717) is 39.3 Å². The molecule has 170 valence electrons. The Labute approximate surface area is 200 Å². The molecular formula is C23H22Cl2N6O2. The number of hydrogen-bond acceptors (Lipinski definition) is 7. The summed E-state index contributed by atoms with van der Waals surface area (Å²) in [5.74, 6) is 1.11. The first-order valence-corrected chi connectivity index (χ1v) is 10.9. The molecule has 0 bridgehead atoms. The number of aryl methyl sites for hydroxylation is 1. The zero-order chi connectivity index (χ0) is 23.5. The predicted molar refractivity (Wildman–Crippen MR) is 132 cm³/mol. The summed E-state index contributed by atoms with van der Waals surface area (Å²) in [4.78, 5) is 28.3. The lowest BCUT2D eigenvalue weighted by atomic mass is 10.1. The average Bonchev–Trinajstić information content (AvgIpc) is 2.78. The third kappa shape index (κ3) is 5.08. The van der Waals surface area contributed by atoms with E-state index in [1.807, 2.05) is 38.4 Å². The van der Waals surface area contributed by atoms with Gasteiger partial charge in [-0.3, -0.25) is 9.36 Å². The lowest BCUT2D eigenvalue weighted by Gasteiger charge is -2.12. The number of rotatable bonds is 7. The topological polar surface area (TPSA) is 85.2 Å². The molecule has 0 aliphatic carbocycles. The van der Waals surface area contributed by atoms with Crippen LogP contribution >= 0.6 is 23.2 Å². The van der Waals surface area contributed by atoms with Crippen molar-refractivity contribution in [1.82, 2.24) is 24.4 Å². The van der Waals surface area contributed by atoms with Gasteiger partial charge in [-0.15, -0.1) is 0 Å². The van der Waals surface area contributed by atoms with Gasteiger partial charge >= 0.3 is 0 Å². The van der Waals surface area contributed by atoms with Crippen molar-refractivity contribution in [3.05, 3.63) is 69.1 Å². The van der Waals surface area contributed by atoms with E-state index in [1.54, 1.807) is 31.4 Å². The van der Waals surface area contributed by atoms with Crippen molar-refractivity contribution in [3.8, 4) is 17.0 Å². The number of ether oxygens (including phenoxy) is 1. The molecule has 0 atom stereocenters. The van der Waals surface area contributed by atoms with Crippen LogP contribution in [0.3, 0.4) is 0 Å². The Morgan fingerprint density at radius 1 is 1.06 bits per heavy atom. The molecule has 4 rings (SSSR count). The summed E-state index contributed by atoms with van der Waals surface area (Å²) < 4.78 is 7.12. The smallest absolute Gasteiger partial charge is 0.278 e. The highest BCUT2D eigenvalue weighted by Gasteiger charge is 2.17. The fraction of sp³-hybridized carbons (Fsp3) is 0.217. The van der Waals surface area contributed by atoms with Gasteiger partial charge in [-0.2, -0.15) is 4.98 Å². The standard InChI is InChI=1S/C23H22Cl2N6O2/c1-30(2)11-12-33-15-9-7-14(8-10-15)27-23-26-13-18-21(29-23)31(3)22(32)20(28-18)19-16(24)5-4-6-17(19)25/h4-10,13H,11-12H2,1-3H3,(H,26,27,29). The van der Waals surface area contributed by atoms with E-state index in [2.05, 4.69) is 25.2 Å². The van der Waals surface area contributed by atoms with Gasteiger partial charge in [-0.1, -0.05) is 29.3 Å². The third-order valence-electron chi connectivity index (χ3n) is 4.92. The molecule has 0 saturated carbocycles. The summed E-state index contributed by atoms with van der Waals surface area (Å²) in [5.41, 5.74) is 1.78. The molecule has 0 aliphatic rings. The number of likely N-dealkylation sites (N-methyl/N-ethyl adjacent to an activating group) is 1. The Kier molecular flexibility index (Phi) is 6.78. The molecule has 2 aromatic heterocycles. The van der Waals surface area contributed by atoms with Gasteiger partial charge in [-0.05, 0) is 50.5 Å². The molecular weight excluding hydrogens is 463 g/mol. The number of benzene rings is 2. The van der Waals surface area contributed by atoms with Crippen LogP contribution < -0.4 is 15.6 Å². The van der Waals surface area contributed by atoms with Crippen LogP contribution in [0.15, 0.2) is 53.5 Å². The molecule has 1 N–H and O–H groups in total. The van der Waals surface area contributed by atoms with Crippen LogP contribution in [0.25, 0.3) is 22.4 Å². The van der Waals surface area contributed by atoms with Crippen molar-refractivity contribution >= 4 is 46.0 Å². The number of nitrogens with zero attached hydrogens (tertiary/aromatic N) is 5. The summed E-state index contributed by atoms with van der Waals surface area (Å²) in [6.07, 6.45) is 1.55. The van der Waals surface area contributed by atoms with Gasteiger partial charge in [-0.25, -0.2) is 9.97 Å². The Bertz CT molecular complexity index is 1340. The van der Waals surface area contributed by atoms with E-state index in [9.17, 15) is 4.79 Å². The van der Waals surface area contributed by atoms with Gasteiger partial charge in [0.2, 0.25) is 5.95 Å². The molecule has 4 aromatic rings. The summed E-state index contributed by atoms with van der Waals surface area (Å²) in [6.45, 7) is 1.44. The quantitative estimate of drug-likeness (QED) is 0.416. The highest BCUT2D eigenvalue weighted by Crippen LogP contribution is 2.32. The largest absolute Gasteiger partial charge is 0.492 e. The van der Waals surface area contributed by atoms with Gasteiger partial charge in [0, 0.05) is 24.8 Å². The molecule has 0 saturated heterocycles. The minimum absolute atomic E-state index is 0.148. The van der Waals surface area contributed by atoms with Crippen LogP contribution in [0.2, 0.25) is 10.0 Å². The maximum Gasteiger partial charge on any atom is 0.278 e. The van der Waals surface area contributed by atoms with E-state index < -0.39 is 0 Å². The minimum Gasteiger partial charge on any atom is -0.492 e. The van der Waals surface area contributed by atoms with Crippen molar-refractivity contribution in [2.75, 3.05) is 32.6 Å². The number of fused-ring (bicyclic) bond motifs is 1. The lowest BCUT2D eigenvalue weighted by molar-refractivity contribution is 0.261. The second-order valence-corrected chi connectivity index (χ2v) is 8.44. The van der Waals surface area contributed by atoms with E-state index in [4.69, 9.17) is 27.9 Å². The molecule has 0 amide bonds. The van der Waals surface area contributed by atoms with E-state index in [-0.39, 0.29) is 11.3 Å². The highest BCUT2D eigenvalue weighted by molar-refractivity contribution is 6.39. The molecule has 0 aliphatic heterocycles. The first-order chi connectivity index (χ1) is 15.8. The minimum atomic E-state index is -0.360. The van der Waals surface area contributed by atoms with Gasteiger partial charge in [0.1, 0.15) is 23.6 Å². The first kappa shape index (κ1) is 23.0. The number of hydrogen-bond donors (Lipinski definition) is 1. The molecule has 0 spiro atoms. The van der Waals surface area contributed by atoms with Crippen LogP contribution in [0, 0.1) is 0 Å². The van der Waals surface area contributed by atoms with Crippen LogP contribution in [0.5, 0.6) is 5.75 Å². The van der Waals surface area contributed by atoms with Gasteiger partial charge in [0.25, 0.3) is 5.56 Å². The fourth-order valence-electron chi connectivity index (χ4n) is 3.17. The third-order valence-corrected chi connectivity index (χ3v) is 5.55. The van der Waals surface area contributed by atoms with Crippen molar-refractivity contribution in [3.63, 3.8) is 0 Å². The van der Waals surface area contributed by atoms with Crippen molar-refractivity contribution in [2.45, 2.75) is 0 Å². The van der Waals surface area contributed by atoms with Gasteiger partial charge in [0.15, 0.2) is 5.65 Å². The highest BCUT2D eigenvalue weighted by atomic mass is 35.5. The summed E-state index contributed by atoms with van der Waals surface area (Å²) in [7, 11) is 5.62. The normalized spacial score (nSPS) is 11.2.